The normalized spacial score (nSPS) is 24.3. The molecule has 8 nitrogen and oxygen atoms in total. The Morgan fingerprint density at radius 1 is 1.36 bits per heavy atom. The van der Waals surface area contributed by atoms with Crippen LogP contribution >= 0.6 is 0 Å². The van der Waals surface area contributed by atoms with Gasteiger partial charge in [0.05, 0.1) is 31.8 Å². The van der Waals surface area contributed by atoms with Gasteiger partial charge >= 0.3 is 6.09 Å². The zero-order valence-corrected chi connectivity index (χ0v) is 16.6. The van der Waals surface area contributed by atoms with Crippen LogP contribution in [0.2, 0.25) is 0 Å². The van der Waals surface area contributed by atoms with Crippen LogP contribution in [0.1, 0.15) is 25.8 Å². The van der Waals surface area contributed by atoms with Crippen molar-refractivity contribution in [2.24, 2.45) is 5.10 Å². The molecule has 152 valence electrons. The van der Waals surface area contributed by atoms with Gasteiger partial charge in [-0.1, -0.05) is 16.8 Å². The molecule has 0 unspecified atom stereocenters. The number of ether oxygens (including phenoxy) is 2. The van der Waals surface area contributed by atoms with E-state index in [-0.39, 0.29) is 6.04 Å². The lowest BCUT2D eigenvalue weighted by molar-refractivity contribution is -0.528. The molecule has 3 rings (SSSR count). The van der Waals surface area contributed by atoms with Gasteiger partial charge in [-0.2, -0.15) is 0 Å². The van der Waals surface area contributed by atoms with Gasteiger partial charge < -0.3 is 25.2 Å². The van der Waals surface area contributed by atoms with E-state index in [1.54, 1.807) is 7.11 Å². The summed E-state index contributed by atoms with van der Waals surface area (Å²) in [5.41, 5.74) is 3.32. The molecule has 2 heterocycles. The highest BCUT2D eigenvalue weighted by Crippen LogP contribution is 2.19. The van der Waals surface area contributed by atoms with Crippen LogP contribution in [0.15, 0.2) is 29.4 Å². The number of β-amino-alcohol motifs (C(OH)–C–C–N with tert-alkyl or cyclic N) is 1. The molecule has 1 fully saturated rings. The molecule has 28 heavy (non-hydrogen) atoms. The highest BCUT2D eigenvalue weighted by Gasteiger charge is 2.37. The monoisotopic (exact) mass is 389 g/mol. The predicted molar refractivity (Wildman–Crippen MR) is 106 cm³/mol. The van der Waals surface area contributed by atoms with Gasteiger partial charge in [-0.15, -0.1) is 0 Å². The number of alkyl carbamates (subject to hydrolysis) is 1. The van der Waals surface area contributed by atoms with E-state index in [2.05, 4.69) is 15.7 Å². The van der Waals surface area contributed by atoms with E-state index in [4.69, 9.17) is 9.47 Å². The van der Waals surface area contributed by atoms with Crippen LogP contribution in [0, 0.1) is 0 Å². The van der Waals surface area contributed by atoms with Crippen molar-refractivity contribution in [3.63, 3.8) is 0 Å². The number of nitrogens with zero attached hydrogens (tertiary/aromatic N) is 2. The van der Waals surface area contributed by atoms with Crippen molar-refractivity contribution < 1.29 is 24.1 Å². The van der Waals surface area contributed by atoms with Gasteiger partial charge in [-0.25, -0.2) is 4.79 Å². The molecule has 8 heteroatoms. The number of methoxy groups -OCH3 is 1. The average Bonchev–Trinajstić information content (AvgIpc) is 3.18. The fraction of sp³-hybridized carbons (Fsp3) is 0.550. The predicted octanol–water partition coefficient (Wildman–Crippen LogP) is 0.918. The van der Waals surface area contributed by atoms with E-state index in [0.29, 0.717) is 26.1 Å². The number of benzene rings is 1. The zero-order valence-electron chi connectivity index (χ0n) is 16.6. The van der Waals surface area contributed by atoms with Crippen molar-refractivity contribution in [2.75, 3.05) is 26.7 Å². The summed E-state index contributed by atoms with van der Waals surface area (Å²) >= 11 is 0. The van der Waals surface area contributed by atoms with Crippen molar-refractivity contribution in [3.8, 4) is 5.75 Å². The van der Waals surface area contributed by atoms with Crippen molar-refractivity contribution in [2.45, 2.75) is 44.9 Å². The summed E-state index contributed by atoms with van der Waals surface area (Å²) in [5, 5.41) is 20.6. The third-order valence-corrected chi connectivity index (χ3v) is 5.06. The first-order valence-corrected chi connectivity index (χ1v) is 9.59. The Balaban J connectivity index is 1.49. The molecule has 0 radical (unpaired) electrons. The number of aliphatic hydroxyl groups is 1. The molecule has 1 amide bonds. The second kappa shape index (κ2) is 9.16. The molecule has 0 saturated carbocycles. The van der Waals surface area contributed by atoms with Crippen LogP contribution in [0.25, 0.3) is 0 Å². The molecule has 0 spiro atoms. The zero-order chi connectivity index (χ0) is 20.1. The maximum absolute atomic E-state index is 12.2. The average molecular weight is 389 g/mol. The second-order valence-corrected chi connectivity index (χ2v) is 7.30. The standard InChI is InChI=1S/C20H28N4O4/c1-13-10-14(2)24(23-13)9-8-21-20(26)28-19-17(22-12-18(19)25)11-15-4-6-16(27-3)7-5-15/h4-7,17-19,22,25H,8-12H2,1-3H3/p+1/t17-,18+,19+/m1/s1. The molecule has 1 saturated heterocycles. The first-order valence-electron chi connectivity index (χ1n) is 9.59. The molecule has 1 aromatic carbocycles. The quantitative estimate of drug-likeness (QED) is 0.603. The molecule has 2 aliphatic rings. The molecule has 3 atom stereocenters. The van der Waals surface area contributed by atoms with Crippen LogP contribution in [0.3, 0.4) is 0 Å². The van der Waals surface area contributed by atoms with Gasteiger partial charge in [0.2, 0.25) is 0 Å². The summed E-state index contributed by atoms with van der Waals surface area (Å²) in [5.74, 6) is 0.792. The number of hydrogen-bond donors (Lipinski definition) is 3. The van der Waals surface area contributed by atoms with E-state index < -0.39 is 18.3 Å². The Hall–Kier alpha value is -2.45. The summed E-state index contributed by atoms with van der Waals surface area (Å²) in [7, 11) is 1.63. The molecule has 3 N–H and O–H groups in total. The molecular formula is C20H29N4O4+. The third kappa shape index (κ3) is 5.08. The minimum absolute atomic E-state index is 0.143. The Kier molecular flexibility index (Phi) is 6.64. The summed E-state index contributed by atoms with van der Waals surface area (Å²) in [6, 6.07) is 7.59. The van der Waals surface area contributed by atoms with Crippen molar-refractivity contribution >= 4 is 17.5 Å². The number of aliphatic hydroxyl groups excluding tert-OH is 1. The topological polar surface area (TPSA) is 95.2 Å². The molecule has 0 aromatic heterocycles. The van der Waals surface area contributed by atoms with Crippen LogP contribution in [-0.4, -0.2) is 72.3 Å². The number of hydrogen-bond acceptors (Lipinski definition) is 6. The Labute approximate surface area is 165 Å². The largest absolute Gasteiger partial charge is 0.497 e. The summed E-state index contributed by atoms with van der Waals surface area (Å²) in [6.07, 6.45) is -0.324. The van der Waals surface area contributed by atoms with Gasteiger partial charge in [-0.05, 0) is 36.1 Å². The highest BCUT2D eigenvalue weighted by atomic mass is 16.6. The lowest BCUT2D eigenvalue weighted by Crippen LogP contribution is -2.42. The van der Waals surface area contributed by atoms with E-state index in [9.17, 15) is 9.90 Å². The van der Waals surface area contributed by atoms with E-state index >= 15 is 0 Å². The summed E-state index contributed by atoms with van der Waals surface area (Å²) in [4.78, 5) is 12.2. The summed E-state index contributed by atoms with van der Waals surface area (Å²) in [6.45, 7) is 5.44. The number of carbonyl (C=O) groups excluding carboxylic acids is 1. The van der Waals surface area contributed by atoms with Gasteiger partial charge in [0.25, 0.3) is 0 Å². The molecular weight excluding hydrogens is 360 g/mol. The fourth-order valence-electron chi connectivity index (χ4n) is 3.60. The summed E-state index contributed by atoms with van der Waals surface area (Å²) < 4.78 is 12.6. The highest BCUT2D eigenvalue weighted by molar-refractivity contribution is 6.01. The van der Waals surface area contributed by atoms with Crippen molar-refractivity contribution in [1.82, 2.24) is 10.6 Å². The van der Waals surface area contributed by atoms with E-state index in [1.165, 1.54) is 5.71 Å². The smallest absolute Gasteiger partial charge is 0.407 e. The van der Waals surface area contributed by atoms with Crippen LogP contribution in [0.4, 0.5) is 4.79 Å². The minimum Gasteiger partial charge on any atom is -0.497 e. The van der Waals surface area contributed by atoms with Gasteiger partial charge in [0.1, 0.15) is 18.0 Å². The number of rotatable bonds is 7. The van der Waals surface area contributed by atoms with Crippen LogP contribution < -0.4 is 15.4 Å². The van der Waals surface area contributed by atoms with Gasteiger partial charge in [0, 0.05) is 13.5 Å². The Morgan fingerprint density at radius 3 is 2.75 bits per heavy atom. The van der Waals surface area contributed by atoms with Gasteiger partial charge in [0.15, 0.2) is 12.3 Å². The molecule has 0 bridgehead atoms. The minimum atomic E-state index is -0.726. The number of amides is 1. The van der Waals surface area contributed by atoms with Crippen LogP contribution in [-0.2, 0) is 11.2 Å². The number of carbonyl (C=O) groups is 1. The van der Waals surface area contributed by atoms with Crippen molar-refractivity contribution in [3.05, 3.63) is 29.8 Å². The second-order valence-electron chi connectivity index (χ2n) is 7.30. The first-order chi connectivity index (χ1) is 13.5. The fourth-order valence-corrected chi connectivity index (χ4v) is 3.60. The number of hydrazone groups is 1. The third-order valence-electron chi connectivity index (χ3n) is 5.06. The maximum Gasteiger partial charge on any atom is 0.407 e. The Morgan fingerprint density at radius 2 is 2.11 bits per heavy atom. The van der Waals surface area contributed by atoms with Crippen molar-refractivity contribution in [1.29, 1.82) is 0 Å². The number of nitrogens with one attached hydrogen (secondary N) is 2. The van der Waals surface area contributed by atoms with Gasteiger partial charge in [-0.3, -0.25) is 0 Å². The first kappa shape index (κ1) is 20.3. The molecule has 2 aliphatic heterocycles. The SMILES string of the molecule is COc1ccc(C[C@H]2NC[C@H](O)[C@H]2OC(=O)NCC[N+]2=C(C)CC(C)=N2)cc1. The lowest BCUT2D eigenvalue weighted by atomic mass is 10.0. The maximum atomic E-state index is 12.2. The molecule has 0 aliphatic carbocycles. The Bertz CT molecular complexity index is 760. The van der Waals surface area contributed by atoms with E-state index in [0.717, 1.165) is 23.4 Å². The van der Waals surface area contributed by atoms with E-state index in [1.807, 2.05) is 42.8 Å². The van der Waals surface area contributed by atoms with Crippen LogP contribution in [0.5, 0.6) is 5.75 Å². The molecule has 1 aromatic rings. The lowest BCUT2D eigenvalue weighted by Gasteiger charge is -2.22.